The van der Waals surface area contributed by atoms with E-state index < -0.39 is 23.3 Å². The normalized spacial score (nSPS) is 9.68. The van der Waals surface area contributed by atoms with Crippen molar-refractivity contribution in [2.24, 2.45) is 0 Å². The van der Waals surface area contributed by atoms with Crippen molar-refractivity contribution < 1.29 is 23.1 Å². The fourth-order valence-corrected chi connectivity index (χ4v) is 1.93. The van der Waals surface area contributed by atoms with Crippen LogP contribution in [0.25, 0.3) is 0 Å². The van der Waals surface area contributed by atoms with Crippen molar-refractivity contribution in [2.75, 3.05) is 6.54 Å². The molecule has 2 aromatic rings. The maximum atomic E-state index is 13.4. The zero-order chi connectivity index (χ0) is 18.1. The van der Waals surface area contributed by atoms with E-state index >= 15 is 0 Å². The molecule has 0 aliphatic heterocycles. The third kappa shape index (κ3) is 5.74. The molecule has 0 aliphatic rings. The molecule has 0 bridgehead atoms. The number of ether oxygens (including phenoxy) is 1. The molecule has 0 saturated carbocycles. The van der Waals surface area contributed by atoms with Gasteiger partial charge in [-0.3, -0.25) is 4.79 Å². The second kappa shape index (κ2) is 9.18. The highest BCUT2D eigenvalue weighted by molar-refractivity contribution is 5.76. The third-order valence-corrected chi connectivity index (χ3v) is 3.16. The van der Waals surface area contributed by atoms with E-state index in [1.54, 1.807) is 0 Å². The molecule has 1 N–H and O–H groups in total. The van der Waals surface area contributed by atoms with Crippen molar-refractivity contribution in [1.29, 1.82) is 0 Å². The summed E-state index contributed by atoms with van der Waals surface area (Å²) in [6.07, 6.45) is -0.176. The molecule has 0 aromatic heterocycles. The molecule has 0 radical (unpaired) electrons. The van der Waals surface area contributed by atoms with Crippen molar-refractivity contribution in [3.63, 3.8) is 0 Å². The van der Waals surface area contributed by atoms with Crippen LogP contribution in [0.1, 0.15) is 27.9 Å². The Hall–Kier alpha value is -3.20. The smallest absolute Gasteiger partial charge is 0.407 e. The molecule has 25 heavy (non-hydrogen) atoms. The molecular weight excluding hydrogens is 328 g/mol. The first-order chi connectivity index (χ1) is 12.1. The number of halogens is 2. The van der Waals surface area contributed by atoms with Gasteiger partial charge in [0.15, 0.2) is 6.29 Å². The number of nitrogens with one attached hydrogen (secondary N) is 1. The van der Waals surface area contributed by atoms with Crippen LogP contribution in [-0.4, -0.2) is 18.9 Å². The second-order valence-electron chi connectivity index (χ2n) is 5.01. The maximum absolute atomic E-state index is 13.4. The van der Waals surface area contributed by atoms with Gasteiger partial charge in [-0.05, 0) is 17.7 Å². The zero-order valence-corrected chi connectivity index (χ0v) is 13.2. The van der Waals surface area contributed by atoms with Crippen LogP contribution in [0, 0.1) is 23.5 Å². The van der Waals surface area contributed by atoms with E-state index in [2.05, 4.69) is 17.2 Å². The van der Waals surface area contributed by atoms with Crippen LogP contribution < -0.4 is 5.32 Å². The minimum Gasteiger partial charge on any atom is -0.445 e. The summed E-state index contributed by atoms with van der Waals surface area (Å²) in [4.78, 5) is 22.0. The van der Waals surface area contributed by atoms with E-state index in [1.165, 1.54) is 0 Å². The molecule has 2 rings (SSSR count). The molecule has 0 unspecified atom stereocenters. The third-order valence-electron chi connectivity index (χ3n) is 3.16. The first-order valence-corrected chi connectivity index (χ1v) is 7.48. The van der Waals surface area contributed by atoms with E-state index in [1.807, 2.05) is 30.3 Å². The average Bonchev–Trinajstić information content (AvgIpc) is 2.60. The van der Waals surface area contributed by atoms with Gasteiger partial charge in [-0.25, -0.2) is 13.6 Å². The number of hydrogen-bond donors (Lipinski definition) is 1. The number of benzene rings is 2. The minimum atomic E-state index is -0.957. The van der Waals surface area contributed by atoms with Gasteiger partial charge in [0.2, 0.25) is 0 Å². The molecule has 6 heteroatoms. The van der Waals surface area contributed by atoms with Crippen LogP contribution in [0.15, 0.2) is 42.5 Å². The van der Waals surface area contributed by atoms with E-state index in [9.17, 15) is 18.4 Å². The van der Waals surface area contributed by atoms with Crippen LogP contribution in [0.4, 0.5) is 13.6 Å². The number of rotatable bonds is 5. The summed E-state index contributed by atoms with van der Waals surface area (Å²) in [6, 6.07) is 11.2. The quantitative estimate of drug-likeness (QED) is 0.514. The first-order valence-electron chi connectivity index (χ1n) is 7.48. The van der Waals surface area contributed by atoms with Crippen molar-refractivity contribution in [3.05, 3.63) is 70.8 Å². The van der Waals surface area contributed by atoms with E-state index in [4.69, 9.17) is 4.74 Å². The van der Waals surface area contributed by atoms with Gasteiger partial charge in [0.1, 0.15) is 18.2 Å². The SMILES string of the molecule is O=Cc1c(F)cc(C#CCCNC(=O)OCc2ccccc2)cc1F. The lowest BCUT2D eigenvalue weighted by molar-refractivity contribution is 0.111. The van der Waals surface area contributed by atoms with Crippen LogP contribution >= 0.6 is 0 Å². The van der Waals surface area contributed by atoms with Crippen molar-refractivity contribution in [2.45, 2.75) is 13.0 Å². The van der Waals surface area contributed by atoms with Gasteiger partial charge in [0.05, 0.1) is 5.56 Å². The molecule has 0 aliphatic carbocycles. The Kier molecular flexibility index (Phi) is 6.66. The van der Waals surface area contributed by atoms with Crippen molar-refractivity contribution >= 4 is 12.4 Å². The Morgan fingerprint density at radius 2 is 1.84 bits per heavy atom. The molecule has 1 amide bonds. The van der Waals surface area contributed by atoms with Crippen LogP contribution in [0.3, 0.4) is 0 Å². The molecule has 128 valence electrons. The standard InChI is InChI=1S/C19H15F2NO3/c20-17-10-15(11-18(21)16(17)12-23)8-4-5-9-22-19(24)25-13-14-6-2-1-3-7-14/h1-3,6-7,10-12H,5,9,13H2,(H,22,24). The number of carbonyl (C=O) groups excluding carboxylic acids is 2. The Balaban J connectivity index is 1.75. The van der Waals surface area contributed by atoms with Crippen LogP contribution in [0.5, 0.6) is 0 Å². The summed E-state index contributed by atoms with van der Waals surface area (Å²) >= 11 is 0. The first kappa shape index (κ1) is 18.1. The van der Waals surface area contributed by atoms with Crippen molar-refractivity contribution in [3.8, 4) is 11.8 Å². The summed E-state index contributed by atoms with van der Waals surface area (Å²) in [5, 5.41) is 2.52. The van der Waals surface area contributed by atoms with Gasteiger partial charge in [0, 0.05) is 18.5 Å². The second-order valence-corrected chi connectivity index (χ2v) is 5.01. The summed E-state index contributed by atoms with van der Waals surface area (Å²) < 4.78 is 31.8. The molecule has 0 spiro atoms. The minimum absolute atomic E-state index is 0.118. The zero-order valence-electron chi connectivity index (χ0n) is 13.2. The van der Waals surface area contributed by atoms with E-state index in [-0.39, 0.29) is 31.4 Å². The highest BCUT2D eigenvalue weighted by Crippen LogP contribution is 2.12. The summed E-state index contributed by atoms with van der Waals surface area (Å²) in [5.74, 6) is 3.34. The van der Waals surface area contributed by atoms with Crippen LogP contribution in [-0.2, 0) is 11.3 Å². The Morgan fingerprint density at radius 1 is 1.16 bits per heavy atom. The summed E-state index contributed by atoms with van der Waals surface area (Å²) in [6.45, 7) is 0.401. The number of alkyl carbamates (subject to hydrolysis) is 1. The number of aldehydes is 1. The number of carbonyl (C=O) groups is 2. The van der Waals surface area contributed by atoms with Gasteiger partial charge >= 0.3 is 6.09 Å². The topological polar surface area (TPSA) is 55.4 Å². The monoisotopic (exact) mass is 343 g/mol. The molecule has 0 saturated heterocycles. The highest BCUT2D eigenvalue weighted by Gasteiger charge is 2.09. The van der Waals surface area contributed by atoms with Gasteiger partial charge in [-0.2, -0.15) is 0 Å². The Morgan fingerprint density at radius 3 is 2.48 bits per heavy atom. The largest absolute Gasteiger partial charge is 0.445 e. The lowest BCUT2D eigenvalue weighted by Gasteiger charge is -2.05. The molecular formula is C19H15F2NO3. The van der Waals surface area contributed by atoms with Gasteiger partial charge in [0.25, 0.3) is 0 Å². The fourth-order valence-electron chi connectivity index (χ4n) is 1.93. The van der Waals surface area contributed by atoms with Crippen LogP contribution in [0.2, 0.25) is 0 Å². The Bertz CT molecular complexity index is 787. The molecule has 2 aromatic carbocycles. The molecule has 0 heterocycles. The molecule has 0 atom stereocenters. The lowest BCUT2D eigenvalue weighted by Crippen LogP contribution is -2.24. The maximum Gasteiger partial charge on any atom is 0.407 e. The molecule has 4 nitrogen and oxygen atoms in total. The number of hydrogen-bond acceptors (Lipinski definition) is 3. The van der Waals surface area contributed by atoms with E-state index in [0.29, 0.717) is 0 Å². The van der Waals surface area contributed by atoms with E-state index in [0.717, 1.165) is 17.7 Å². The van der Waals surface area contributed by atoms with Gasteiger partial charge < -0.3 is 10.1 Å². The predicted molar refractivity (Wildman–Crippen MR) is 87.9 cm³/mol. The Labute approximate surface area is 143 Å². The fraction of sp³-hybridized carbons (Fsp3) is 0.158. The van der Waals surface area contributed by atoms with Gasteiger partial charge in [-0.1, -0.05) is 42.2 Å². The average molecular weight is 343 g/mol. The number of amides is 1. The highest BCUT2D eigenvalue weighted by atomic mass is 19.1. The molecule has 0 fully saturated rings. The van der Waals surface area contributed by atoms with Gasteiger partial charge in [-0.15, -0.1) is 0 Å². The van der Waals surface area contributed by atoms with Crippen molar-refractivity contribution in [1.82, 2.24) is 5.32 Å². The summed E-state index contributed by atoms with van der Waals surface area (Å²) in [5.41, 5.74) is 0.376. The lowest BCUT2D eigenvalue weighted by atomic mass is 10.1. The summed E-state index contributed by atoms with van der Waals surface area (Å²) in [7, 11) is 0. The predicted octanol–water partition coefficient (Wildman–Crippen LogP) is 3.45.